The molecule has 0 saturated carbocycles. The number of para-hydroxylation sites is 1. The lowest BCUT2D eigenvalue weighted by molar-refractivity contribution is -0.275. The van der Waals surface area contributed by atoms with E-state index >= 15 is 0 Å². The van der Waals surface area contributed by atoms with E-state index in [0.29, 0.717) is 11.4 Å². The van der Waals surface area contributed by atoms with Gasteiger partial charge < -0.3 is 9.84 Å². The Bertz CT molecular complexity index is 608. The third-order valence-electron chi connectivity index (χ3n) is 2.76. The Labute approximate surface area is 113 Å². The summed E-state index contributed by atoms with van der Waals surface area (Å²) in [6, 6.07) is 7.09. The number of benzene rings is 1. The molecule has 7 heteroatoms. The lowest BCUT2D eigenvalue weighted by atomic mass is 10.1. The van der Waals surface area contributed by atoms with Crippen molar-refractivity contribution >= 4 is 0 Å². The van der Waals surface area contributed by atoms with Gasteiger partial charge in [-0.15, -0.1) is 13.2 Å². The number of alkyl halides is 3. The monoisotopic (exact) mass is 286 g/mol. The summed E-state index contributed by atoms with van der Waals surface area (Å²) < 4.78 is 42.4. The van der Waals surface area contributed by atoms with Gasteiger partial charge in [-0.25, -0.2) is 0 Å². The summed E-state index contributed by atoms with van der Waals surface area (Å²) in [5, 5.41) is 14.3. The number of hydrogen-bond donors (Lipinski definition) is 1. The molecule has 108 valence electrons. The second-order valence-electron chi connectivity index (χ2n) is 4.32. The van der Waals surface area contributed by atoms with Crippen molar-refractivity contribution in [2.75, 3.05) is 0 Å². The van der Waals surface area contributed by atoms with Crippen molar-refractivity contribution < 1.29 is 23.0 Å². The molecule has 1 aromatic heterocycles. The summed E-state index contributed by atoms with van der Waals surface area (Å²) in [7, 11) is 1.61. The summed E-state index contributed by atoms with van der Waals surface area (Å²) in [6.45, 7) is 1.73. The normalized spacial score (nSPS) is 13.3. The van der Waals surface area contributed by atoms with Gasteiger partial charge in [0.15, 0.2) is 0 Å². The molecule has 0 saturated heterocycles. The van der Waals surface area contributed by atoms with Gasteiger partial charge in [-0.05, 0) is 19.1 Å². The first kappa shape index (κ1) is 14.4. The van der Waals surface area contributed by atoms with E-state index in [-0.39, 0.29) is 5.56 Å². The average molecular weight is 286 g/mol. The molecular formula is C13H13F3N2O2. The van der Waals surface area contributed by atoms with E-state index < -0.39 is 18.2 Å². The third kappa shape index (κ3) is 3.11. The zero-order valence-corrected chi connectivity index (χ0v) is 10.8. The molecule has 0 amide bonds. The minimum atomic E-state index is -4.81. The van der Waals surface area contributed by atoms with E-state index in [1.54, 1.807) is 20.0 Å². The molecule has 1 atom stereocenters. The molecule has 4 nitrogen and oxygen atoms in total. The predicted octanol–water partition coefficient (Wildman–Crippen LogP) is 2.71. The predicted molar refractivity (Wildman–Crippen MR) is 65.1 cm³/mol. The number of hydrogen-bond acceptors (Lipinski definition) is 3. The number of aromatic nitrogens is 2. The summed E-state index contributed by atoms with van der Waals surface area (Å²) >= 11 is 0. The van der Waals surface area contributed by atoms with Crippen molar-refractivity contribution in [1.29, 1.82) is 0 Å². The Morgan fingerprint density at radius 3 is 2.50 bits per heavy atom. The van der Waals surface area contributed by atoms with Crippen LogP contribution >= 0.6 is 0 Å². The maximum absolute atomic E-state index is 12.3. The molecule has 1 heterocycles. The van der Waals surface area contributed by atoms with Crippen molar-refractivity contribution in [3.63, 3.8) is 0 Å². The Morgan fingerprint density at radius 2 is 1.95 bits per heavy atom. The van der Waals surface area contributed by atoms with Crippen LogP contribution in [0.3, 0.4) is 0 Å². The molecule has 2 aromatic rings. The van der Waals surface area contributed by atoms with Gasteiger partial charge in [-0.1, -0.05) is 18.2 Å². The molecule has 2 rings (SSSR count). The van der Waals surface area contributed by atoms with E-state index in [2.05, 4.69) is 9.84 Å². The summed E-state index contributed by atoms with van der Waals surface area (Å²) in [5.41, 5.74) is 1.09. The van der Waals surface area contributed by atoms with Gasteiger partial charge in [0, 0.05) is 12.6 Å². The quantitative estimate of drug-likeness (QED) is 0.943. The second kappa shape index (κ2) is 5.16. The number of aryl methyl sites for hydroxylation is 2. The topological polar surface area (TPSA) is 47.3 Å². The third-order valence-corrected chi connectivity index (χ3v) is 2.76. The fraction of sp³-hybridized carbons (Fsp3) is 0.308. The molecule has 0 aliphatic heterocycles. The Kier molecular flexibility index (Phi) is 3.71. The van der Waals surface area contributed by atoms with E-state index in [1.165, 1.54) is 22.9 Å². The van der Waals surface area contributed by atoms with Gasteiger partial charge in [-0.3, -0.25) is 4.68 Å². The molecule has 0 aliphatic rings. The Morgan fingerprint density at radius 1 is 1.30 bits per heavy atom. The van der Waals surface area contributed by atoms with E-state index in [1.807, 2.05) is 0 Å². The van der Waals surface area contributed by atoms with Gasteiger partial charge in [0.25, 0.3) is 0 Å². The maximum Gasteiger partial charge on any atom is 0.573 e. The highest BCUT2D eigenvalue weighted by Gasteiger charge is 2.33. The zero-order valence-electron chi connectivity index (χ0n) is 10.8. The van der Waals surface area contributed by atoms with Crippen molar-refractivity contribution in [1.82, 2.24) is 9.78 Å². The van der Waals surface area contributed by atoms with Crippen LogP contribution in [-0.2, 0) is 7.05 Å². The second-order valence-corrected chi connectivity index (χ2v) is 4.32. The average Bonchev–Trinajstić information content (AvgIpc) is 2.66. The molecule has 0 aliphatic carbocycles. The van der Waals surface area contributed by atoms with Crippen molar-refractivity contribution in [3.8, 4) is 5.75 Å². The lowest BCUT2D eigenvalue weighted by Gasteiger charge is -2.17. The van der Waals surface area contributed by atoms with Gasteiger partial charge in [0.2, 0.25) is 0 Å². The number of aliphatic hydroxyl groups excluding tert-OH is 1. The van der Waals surface area contributed by atoms with Gasteiger partial charge >= 0.3 is 6.36 Å². The number of halogens is 3. The molecule has 1 N–H and O–H groups in total. The molecule has 20 heavy (non-hydrogen) atoms. The first-order valence-corrected chi connectivity index (χ1v) is 5.81. The maximum atomic E-state index is 12.3. The van der Waals surface area contributed by atoms with Crippen molar-refractivity contribution in [2.24, 2.45) is 7.05 Å². The van der Waals surface area contributed by atoms with Crippen molar-refractivity contribution in [3.05, 3.63) is 47.3 Å². The van der Waals surface area contributed by atoms with Crippen molar-refractivity contribution in [2.45, 2.75) is 19.4 Å². The zero-order chi connectivity index (χ0) is 14.9. The summed E-state index contributed by atoms with van der Waals surface area (Å²) in [5.74, 6) is -0.425. The van der Waals surface area contributed by atoms with Gasteiger partial charge in [0.05, 0.1) is 11.4 Å². The Hall–Kier alpha value is -2.02. The Balaban J connectivity index is 2.40. The SMILES string of the molecule is Cc1cc(C(O)c2ccccc2OC(F)(F)F)n(C)n1. The van der Waals surface area contributed by atoms with Crippen LogP contribution in [0.4, 0.5) is 13.2 Å². The summed E-state index contributed by atoms with van der Waals surface area (Å²) in [4.78, 5) is 0. The molecule has 0 fully saturated rings. The molecule has 0 bridgehead atoms. The van der Waals surface area contributed by atoms with E-state index in [0.717, 1.165) is 6.07 Å². The minimum Gasteiger partial charge on any atom is -0.405 e. The standard InChI is InChI=1S/C13H13F3N2O2/c1-8-7-10(18(2)17-8)12(19)9-5-3-4-6-11(9)20-13(14,15)16/h3-7,12,19H,1-2H3. The minimum absolute atomic E-state index is 0.0350. The smallest absolute Gasteiger partial charge is 0.405 e. The molecule has 1 unspecified atom stereocenters. The highest BCUT2D eigenvalue weighted by atomic mass is 19.4. The molecule has 0 spiro atoms. The highest BCUT2D eigenvalue weighted by molar-refractivity contribution is 5.39. The van der Waals surface area contributed by atoms with Crippen LogP contribution in [0.25, 0.3) is 0 Å². The van der Waals surface area contributed by atoms with Crippen LogP contribution in [0.15, 0.2) is 30.3 Å². The fourth-order valence-electron chi connectivity index (χ4n) is 1.97. The van der Waals surface area contributed by atoms with Gasteiger partial charge in [0.1, 0.15) is 11.9 Å². The van der Waals surface area contributed by atoms with E-state index in [9.17, 15) is 18.3 Å². The van der Waals surface area contributed by atoms with Crippen LogP contribution in [0.1, 0.15) is 23.1 Å². The van der Waals surface area contributed by atoms with Crippen LogP contribution in [-0.4, -0.2) is 21.2 Å². The molecule has 0 radical (unpaired) electrons. The largest absolute Gasteiger partial charge is 0.573 e. The van der Waals surface area contributed by atoms with Crippen LogP contribution < -0.4 is 4.74 Å². The lowest BCUT2D eigenvalue weighted by Crippen LogP contribution is -2.19. The highest BCUT2D eigenvalue weighted by Crippen LogP contribution is 2.33. The number of nitrogens with zero attached hydrogens (tertiary/aromatic N) is 2. The summed E-state index contributed by atoms with van der Waals surface area (Å²) in [6.07, 6.45) is -6.06. The first-order valence-electron chi connectivity index (χ1n) is 5.81. The van der Waals surface area contributed by atoms with Crippen LogP contribution in [0, 0.1) is 6.92 Å². The van der Waals surface area contributed by atoms with Crippen LogP contribution in [0.2, 0.25) is 0 Å². The number of rotatable bonds is 3. The molecule has 1 aromatic carbocycles. The van der Waals surface area contributed by atoms with E-state index in [4.69, 9.17) is 0 Å². The fourth-order valence-corrected chi connectivity index (χ4v) is 1.97. The number of ether oxygens (including phenoxy) is 1. The first-order chi connectivity index (χ1) is 9.28. The van der Waals surface area contributed by atoms with Gasteiger partial charge in [-0.2, -0.15) is 5.10 Å². The number of aliphatic hydroxyl groups is 1. The molecular weight excluding hydrogens is 273 g/mol. The van der Waals surface area contributed by atoms with Crippen LogP contribution in [0.5, 0.6) is 5.75 Å².